The molecule has 1 N–H and O–H groups in total. The summed E-state index contributed by atoms with van der Waals surface area (Å²) in [6.45, 7) is 5.86. The molecule has 5 nitrogen and oxygen atoms in total. The average Bonchev–Trinajstić information content (AvgIpc) is 2.38. The fourth-order valence-corrected chi connectivity index (χ4v) is 2.63. The molecule has 118 valence electrons. The highest BCUT2D eigenvalue weighted by molar-refractivity contribution is 7.89. The molecule has 0 spiro atoms. The molecule has 0 heterocycles. The lowest BCUT2D eigenvalue weighted by Crippen LogP contribution is -2.36. The predicted octanol–water partition coefficient (Wildman–Crippen LogP) is 2.36. The summed E-state index contributed by atoms with van der Waals surface area (Å²) in [4.78, 5) is 12.3. The number of nitrogens with one attached hydrogen (secondary N) is 1. The van der Waals surface area contributed by atoms with Crippen LogP contribution in [0.1, 0.15) is 31.1 Å². The Hall–Kier alpha value is -1.11. The van der Waals surface area contributed by atoms with Crippen molar-refractivity contribution < 1.29 is 13.2 Å². The highest BCUT2D eigenvalue weighted by Gasteiger charge is 2.21. The van der Waals surface area contributed by atoms with Gasteiger partial charge in [0, 0.05) is 20.1 Å². The molecule has 0 radical (unpaired) electrons. The first-order valence-electron chi connectivity index (χ1n) is 6.60. The summed E-state index contributed by atoms with van der Waals surface area (Å²) in [6.07, 6.45) is 0. The van der Waals surface area contributed by atoms with Crippen LogP contribution in [0, 0.1) is 5.92 Å². The van der Waals surface area contributed by atoms with Crippen LogP contribution in [0.15, 0.2) is 23.1 Å². The largest absolute Gasteiger partial charge is 0.349 e. The molecule has 0 fully saturated rings. The van der Waals surface area contributed by atoms with Crippen LogP contribution in [0.4, 0.5) is 0 Å². The Bertz CT molecular complexity index is 627. The molecule has 1 unspecified atom stereocenters. The SMILES string of the molecule is CC(C)C(C)NC(=O)c1cc(S(=O)(=O)N(C)C)ccc1Cl. The summed E-state index contributed by atoms with van der Waals surface area (Å²) in [5.74, 6) is -0.113. The van der Waals surface area contributed by atoms with Crippen molar-refractivity contribution in [3.63, 3.8) is 0 Å². The number of halogens is 1. The van der Waals surface area contributed by atoms with E-state index in [1.807, 2.05) is 20.8 Å². The molecule has 0 aromatic heterocycles. The summed E-state index contributed by atoms with van der Waals surface area (Å²) in [6, 6.07) is 4.08. The van der Waals surface area contributed by atoms with Gasteiger partial charge >= 0.3 is 0 Å². The molecular formula is C14H21ClN2O3S. The van der Waals surface area contributed by atoms with Gasteiger partial charge in [-0.2, -0.15) is 0 Å². The first kappa shape index (κ1) is 17.9. The molecule has 21 heavy (non-hydrogen) atoms. The number of nitrogens with zero attached hydrogens (tertiary/aromatic N) is 1. The standard InChI is InChI=1S/C14H21ClN2O3S/c1-9(2)10(3)16-14(18)12-8-11(6-7-13(12)15)21(19,20)17(4)5/h6-10H,1-5H3,(H,16,18). The van der Waals surface area contributed by atoms with Crippen LogP contribution >= 0.6 is 11.6 Å². The van der Waals surface area contributed by atoms with Gasteiger partial charge in [0.2, 0.25) is 10.0 Å². The van der Waals surface area contributed by atoms with Crippen LogP contribution in [-0.2, 0) is 10.0 Å². The molecule has 1 aromatic rings. The quantitative estimate of drug-likeness (QED) is 0.900. The lowest BCUT2D eigenvalue weighted by atomic mass is 10.1. The Labute approximate surface area is 131 Å². The average molecular weight is 333 g/mol. The Balaban J connectivity index is 3.17. The zero-order chi connectivity index (χ0) is 16.4. The molecule has 1 aromatic carbocycles. The monoisotopic (exact) mass is 332 g/mol. The van der Waals surface area contributed by atoms with Gasteiger partial charge in [-0.1, -0.05) is 25.4 Å². The molecule has 1 atom stereocenters. The van der Waals surface area contributed by atoms with E-state index in [4.69, 9.17) is 11.6 Å². The van der Waals surface area contributed by atoms with Gasteiger partial charge in [-0.05, 0) is 31.0 Å². The van der Waals surface area contributed by atoms with Crippen LogP contribution in [-0.4, -0.2) is 38.8 Å². The van der Waals surface area contributed by atoms with E-state index < -0.39 is 10.0 Å². The summed E-state index contributed by atoms with van der Waals surface area (Å²) < 4.78 is 25.3. The van der Waals surface area contributed by atoms with E-state index in [-0.39, 0.29) is 33.3 Å². The van der Waals surface area contributed by atoms with Crippen molar-refractivity contribution in [2.45, 2.75) is 31.7 Å². The van der Waals surface area contributed by atoms with Crippen molar-refractivity contribution in [2.75, 3.05) is 14.1 Å². The van der Waals surface area contributed by atoms with E-state index in [2.05, 4.69) is 5.32 Å². The molecule has 0 aliphatic rings. The first-order chi connectivity index (χ1) is 9.57. The van der Waals surface area contributed by atoms with Crippen LogP contribution < -0.4 is 5.32 Å². The molecule has 1 amide bonds. The van der Waals surface area contributed by atoms with E-state index in [1.54, 1.807) is 0 Å². The second-order valence-electron chi connectivity index (χ2n) is 5.44. The maximum atomic E-state index is 12.2. The van der Waals surface area contributed by atoms with Gasteiger partial charge in [0.15, 0.2) is 0 Å². The third-order valence-electron chi connectivity index (χ3n) is 3.32. The number of sulfonamides is 1. The number of hydrogen-bond acceptors (Lipinski definition) is 3. The molecule has 0 saturated carbocycles. The van der Waals surface area contributed by atoms with Crippen LogP contribution in [0.5, 0.6) is 0 Å². The third kappa shape index (κ3) is 4.18. The normalized spacial score (nSPS) is 13.5. The Morgan fingerprint density at radius 3 is 2.29 bits per heavy atom. The van der Waals surface area contributed by atoms with Crippen molar-refractivity contribution in [1.29, 1.82) is 0 Å². The van der Waals surface area contributed by atoms with E-state index in [0.29, 0.717) is 0 Å². The lowest BCUT2D eigenvalue weighted by molar-refractivity contribution is 0.0930. The minimum absolute atomic E-state index is 0.0392. The summed E-state index contributed by atoms with van der Waals surface area (Å²) >= 11 is 6.01. The first-order valence-corrected chi connectivity index (χ1v) is 8.42. The molecule has 7 heteroatoms. The fraction of sp³-hybridized carbons (Fsp3) is 0.500. The smallest absolute Gasteiger partial charge is 0.253 e. The zero-order valence-corrected chi connectivity index (χ0v) is 14.4. The number of benzene rings is 1. The van der Waals surface area contributed by atoms with Gasteiger partial charge in [0.05, 0.1) is 15.5 Å². The Morgan fingerprint density at radius 2 is 1.81 bits per heavy atom. The minimum atomic E-state index is -3.60. The second-order valence-corrected chi connectivity index (χ2v) is 7.99. The summed E-state index contributed by atoms with van der Waals surface area (Å²) in [5.41, 5.74) is 0.159. The highest BCUT2D eigenvalue weighted by Crippen LogP contribution is 2.22. The number of carbonyl (C=O) groups is 1. The lowest BCUT2D eigenvalue weighted by Gasteiger charge is -2.18. The number of rotatable bonds is 5. The van der Waals surface area contributed by atoms with E-state index in [1.165, 1.54) is 32.3 Å². The van der Waals surface area contributed by atoms with E-state index in [0.717, 1.165) is 4.31 Å². The topological polar surface area (TPSA) is 66.5 Å². The number of hydrogen-bond donors (Lipinski definition) is 1. The highest BCUT2D eigenvalue weighted by atomic mass is 35.5. The molecule has 0 saturated heterocycles. The van der Waals surface area contributed by atoms with Gasteiger partial charge in [-0.25, -0.2) is 12.7 Å². The molecular weight excluding hydrogens is 312 g/mol. The summed E-state index contributed by atoms with van der Waals surface area (Å²) in [7, 11) is -0.730. The van der Waals surface area contributed by atoms with Crippen molar-refractivity contribution in [2.24, 2.45) is 5.92 Å². The third-order valence-corrected chi connectivity index (χ3v) is 5.46. The fourth-order valence-electron chi connectivity index (χ4n) is 1.50. The zero-order valence-electron chi connectivity index (χ0n) is 12.8. The van der Waals surface area contributed by atoms with Crippen molar-refractivity contribution in [3.05, 3.63) is 28.8 Å². The van der Waals surface area contributed by atoms with Crippen LogP contribution in [0.3, 0.4) is 0 Å². The van der Waals surface area contributed by atoms with Crippen LogP contribution in [0.25, 0.3) is 0 Å². The number of carbonyl (C=O) groups excluding carboxylic acids is 1. The molecule has 1 rings (SSSR count). The summed E-state index contributed by atoms with van der Waals surface area (Å²) in [5, 5.41) is 3.04. The Kier molecular flexibility index (Phi) is 5.78. The van der Waals surface area contributed by atoms with Crippen molar-refractivity contribution in [3.8, 4) is 0 Å². The van der Waals surface area contributed by atoms with Crippen LogP contribution in [0.2, 0.25) is 5.02 Å². The van der Waals surface area contributed by atoms with Gasteiger partial charge in [-0.15, -0.1) is 0 Å². The van der Waals surface area contributed by atoms with E-state index in [9.17, 15) is 13.2 Å². The van der Waals surface area contributed by atoms with Gasteiger partial charge < -0.3 is 5.32 Å². The van der Waals surface area contributed by atoms with Gasteiger partial charge in [-0.3, -0.25) is 4.79 Å². The maximum absolute atomic E-state index is 12.2. The molecule has 0 aliphatic carbocycles. The molecule has 0 aliphatic heterocycles. The maximum Gasteiger partial charge on any atom is 0.253 e. The van der Waals surface area contributed by atoms with Gasteiger partial charge in [0.1, 0.15) is 0 Å². The van der Waals surface area contributed by atoms with Crippen molar-refractivity contribution >= 4 is 27.5 Å². The predicted molar refractivity (Wildman–Crippen MR) is 84.1 cm³/mol. The van der Waals surface area contributed by atoms with Gasteiger partial charge in [0.25, 0.3) is 5.91 Å². The molecule has 0 bridgehead atoms. The van der Waals surface area contributed by atoms with E-state index >= 15 is 0 Å². The second kappa shape index (κ2) is 6.77. The number of amides is 1. The Morgan fingerprint density at radius 1 is 1.24 bits per heavy atom. The van der Waals surface area contributed by atoms with Crippen molar-refractivity contribution in [1.82, 2.24) is 9.62 Å². The minimum Gasteiger partial charge on any atom is -0.349 e.